The minimum absolute atomic E-state index is 0.328. The van der Waals surface area contributed by atoms with Crippen LogP contribution in [0.5, 0.6) is 0 Å². The molecular weight excluding hydrogens is 368 g/mol. The van der Waals surface area contributed by atoms with Gasteiger partial charge in [0.25, 0.3) is 0 Å². The van der Waals surface area contributed by atoms with Gasteiger partial charge in [0.1, 0.15) is 17.6 Å². The van der Waals surface area contributed by atoms with E-state index in [0.717, 1.165) is 22.2 Å². The number of nitrogens with two attached hydrogens (primary N) is 1. The Bertz CT molecular complexity index is 1080. The molecule has 2 N–H and O–H groups in total. The van der Waals surface area contributed by atoms with Crippen LogP contribution in [0.3, 0.4) is 0 Å². The number of hydrogen-bond donors (Lipinski definition) is 2. The number of anilines is 1. The van der Waals surface area contributed by atoms with Crippen molar-refractivity contribution in [3.63, 3.8) is 0 Å². The van der Waals surface area contributed by atoms with Gasteiger partial charge in [-0.25, -0.2) is 4.52 Å². The molecule has 0 radical (unpaired) electrons. The van der Waals surface area contributed by atoms with Crippen LogP contribution in [-0.2, 0) is 17.8 Å². The van der Waals surface area contributed by atoms with Crippen LogP contribution in [0.4, 0.5) is 5.82 Å². The highest BCUT2D eigenvalue weighted by atomic mass is 35.5. The Morgan fingerprint density at radius 2 is 2.00 bits per heavy atom. The molecular formula is C19H17ClN4OS. The first kappa shape index (κ1) is 17.2. The average molecular weight is 385 g/mol. The number of nitrogen functional groups attached to an aromatic ring is 1. The van der Waals surface area contributed by atoms with Gasteiger partial charge in [-0.2, -0.15) is 10.4 Å². The third-order valence-corrected chi connectivity index (χ3v) is 5.41. The number of ether oxygens (including phenoxy) is 1. The van der Waals surface area contributed by atoms with Gasteiger partial charge in [-0.15, -0.1) is 12.6 Å². The minimum atomic E-state index is -0.348. The highest BCUT2D eigenvalue weighted by Crippen LogP contribution is 2.40. The van der Waals surface area contributed by atoms with Crippen LogP contribution < -0.4 is 5.73 Å². The van der Waals surface area contributed by atoms with Gasteiger partial charge >= 0.3 is 0 Å². The van der Waals surface area contributed by atoms with E-state index < -0.39 is 0 Å². The SMILES string of the molecule is CC1(C)Cc2c(C#N)c(N)n3nc(-c4ccc(Cl)cc4)c(S)c3c2CO1. The van der Waals surface area contributed by atoms with Gasteiger partial charge in [-0.05, 0) is 31.5 Å². The maximum Gasteiger partial charge on any atom is 0.143 e. The Hall–Kier alpha value is -2.20. The maximum absolute atomic E-state index is 9.68. The van der Waals surface area contributed by atoms with Gasteiger partial charge in [0.15, 0.2) is 0 Å². The van der Waals surface area contributed by atoms with Crippen LogP contribution in [-0.4, -0.2) is 15.2 Å². The van der Waals surface area contributed by atoms with E-state index in [1.807, 2.05) is 26.0 Å². The maximum atomic E-state index is 9.68. The van der Waals surface area contributed by atoms with E-state index in [4.69, 9.17) is 34.7 Å². The molecule has 0 bridgehead atoms. The lowest BCUT2D eigenvalue weighted by atomic mass is 9.88. The second kappa shape index (κ2) is 5.92. The van der Waals surface area contributed by atoms with E-state index in [1.165, 1.54) is 0 Å². The Morgan fingerprint density at radius 3 is 2.65 bits per heavy atom. The van der Waals surface area contributed by atoms with E-state index in [0.29, 0.717) is 40.0 Å². The molecule has 5 nitrogen and oxygen atoms in total. The monoisotopic (exact) mass is 384 g/mol. The zero-order valence-electron chi connectivity index (χ0n) is 14.4. The van der Waals surface area contributed by atoms with Crippen molar-refractivity contribution >= 4 is 35.6 Å². The summed E-state index contributed by atoms with van der Waals surface area (Å²) in [6, 6.07) is 9.63. The van der Waals surface area contributed by atoms with Crippen LogP contribution in [0.2, 0.25) is 5.02 Å². The number of pyridine rings is 1. The fraction of sp³-hybridized carbons (Fsp3) is 0.263. The van der Waals surface area contributed by atoms with Gasteiger partial charge in [0.2, 0.25) is 0 Å². The smallest absolute Gasteiger partial charge is 0.143 e. The molecule has 132 valence electrons. The molecule has 4 rings (SSSR count). The van der Waals surface area contributed by atoms with Gasteiger partial charge in [-0.3, -0.25) is 0 Å². The number of rotatable bonds is 1. The quantitative estimate of drug-likeness (QED) is 0.615. The van der Waals surface area contributed by atoms with Crippen molar-refractivity contribution in [3.05, 3.63) is 46.0 Å². The highest BCUT2D eigenvalue weighted by molar-refractivity contribution is 7.80. The van der Waals surface area contributed by atoms with E-state index in [2.05, 4.69) is 11.2 Å². The number of nitriles is 1. The Labute approximate surface area is 161 Å². The lowest BCUT2D eigenvalue weighted by Crippen LogP contribution is -2.33. The highest BCUT2D eigenvalue weighted by Gasteiger charge is 2.32. The van der Waals surface area contributed by atoms with Crippen molar-refractivity contribution in [2.45, 2.75) is 37.4 Å². The lowest BCUT2D eigenvalue weighted by molar-refractivity contribution is -0.0396. The molecule has 0 spiro atoms. The first-order valence-electron chi connectivity index (χ1n) is 8.17. The van der Waals surface area contributed by atoms with E-state index in [9.17, 15) is 5.26 Å². The topological polar surface area (TPSA) is 76.3 Å². The lowest BCUT2D eigenvalue weighted by Gasteiger charge is -2.33. The normalized spacial score (nSPS) is 15.7. The average Bonchev–Trinajstić information content (AvgIpc) is 2.93. The van der Waals surface area contributed by atoms with Crippen LogP contribution >= 0.6 is 24.2 Å². The number of aromatic nitrogens is 2. The minimum Gasteiger partial charge on any atom is -0.383 e. The number of nitrogens with zero attached hydrogens (tertiary/aromatic N) is 3. The zero-order valence-corrected chi connectivity index (χ0v) is 16.0. The summed E-state index contributed by atoms with van der Waals surface area (Å²) in [5.41, 5.74) is 10.6. The molecule has 0 atom stereocenters. The molecule has 3 aromatic rings. The molecule has 1 aliphatic rings. The summed E-state index contributed by atoms with van der Waals surface area (Å²) in [5, 5.41) is 15.0. The summed E-state index contributed by atoms with van der Waals surface area (Å²) in [5.74, 6) is 0.328. The third-order valence-electron chi connectivity index (χ3n) is 4.74. The van der Waals surface area contributed by atoms with Crippen LogP contribution in [0.25, 0.3) is 16.8 Å². The summed E-state index contributed by atoms with van der Waals surface area (Å²) in [7, 11) is 0. The van der Waals surface area contributed by atoms with Gasteiger partial charge < -0.3 is 10.5 Å². The molecule has 0 saturated carbocycles. The van der Waals surface area contributed by atoms with Crippen molar-refractivity contribution in [2.75, 3.05) is 5.73 Å². The second-order valence-corrected chi connectivity index (χ2v) is 7.90. The van der Waals surface area contributed by atoms with Crippen LogP contribution in [0, 0.1) is 11.3 Å². The number of hydrogen-bond acceptors (Lipinski definition) is 5. The number of halogens is 1. The number of fused-ring (bicyclic) bond motifs is 3. The molecule has 2 aromatic heterocycles. The first-order valence-corrected chi connectivity index (χ1v) is 9.00. The van der Waals surface area contributed by atoms with Crippen molar-refractivity contribution in [2.24, 2.45) is 0 Å². The molecule has 0 amide bonds. The molecule has 0 fully saturated rings. The predicted molar refractivity (Wildman–Crippen MR) is 105 cm³/mol. The predicted octanol–water partition coefficient (Wildman–Crippen LogP) is 4.25. The van der Waals surface area contributed by atoms with Crippen LogP contribution in [0.15, 0.2) is 29.2 Å². The largest absolute Gasteiger partial charge is 0.383 e. The van der Waals surface area contributed by atoms with Crippen LogP contribution in [0.1, 0.15) is 30.5 Å². The summed E-state index contributed by atoms with van der Waals surface area (Å²) < 4.78 is 7.58. The summed E-state index contributed by atoms with van der Waals surface area (Å²) >= 11 is 10.7. The molecule has 26 heavy (non-hydrogen) atoms. The summed E-state index contributed by atoms with van der Waals surface area (Å²) in [6.07, 6.45) is 0.612. The zero-order chi connectivity index (χ0) is 18.6. The summed E-state index contributed by atoms with van der Waals surface area (Å²) in [4.78, 5) is 0.711. The van der Waals surface area contributed by atoms with E-state index in [-0.39, 0.29) is 5.60 Å². The van der Waals surface area contributed by atoms with E-state index >= 15 is 0 Å². The molecule has 0 unspecified atom stereocenters. The standard InChI is InChI=1S/C19H17ClN4OS/c1-19(2)7-12-13(8-21)18(22)24-16(14(12)9-25-19)17(26)15(23-24)10-3-5-11(20)6-4-10/h3-6,26H,7,9,22H2,1-2H3. The fourth-order valence-electron chi connectivity index (χ4n) is 3.43. The molecule has 0 saturated heterocycles. The summed E-state index contributed by atoms with van der Waals surface area (Å²) in [6.45, 7) is 4.41. The Kier molecular flexibility index (Phi) is 3.92. The van der Waals surface area contributed by atoms with Gasteiger partial charge in [0, 0.05) is 22.6 Å². The Morgan fingerprint density at radius 1 is 1.31 bits per heavy atom. The van der Waals surface area contributed by atoms with E-state index in [1.54, 1.807) is 16.6 Å². The number of benzene rings is 1. The molecule has 7 heteroatoms. The molecule has 1 aromatic carbocycles. The van der Waals surface area contributed by atoms with Crippen molar-refractivity contribution < 1.29 is 4.74 Å². The molecule has 1 aliphatic heterocycles. The van der Waals surface area contributed by atoms with Crippen molar-refractivity contribution in [3.8, 4) is 17.3 Å². The van der Waals surface area contributed by atoms with Crippen molar-refractivity contribution in [1.29, 1.82) is 5.26 Å². The molecule has 3 heterocycles. The Balaban J connectivity index is 2.04. The van der Waals surface area contributed by atoms with Gasteiger partial charge in [-0.1, -0.05) is 23.7 Å². The third kappa shape index (κ3) is 2.55. The molecule has 0 aliphatic carbocycles. The second-order valence-electron chi connectivity index (χ2n) is 7.02. The fourth-order valence-corrected chi connectivity index (χ4v) is 3.96. The number of thiol groups is 1. The van der Waals surface area contributed by atoms with Gasteiger partial charge in [0.05, 0.1) is 28.2 Å². The first-order chi connectivity index (χ1) is 12.3. The van der Waals surface area contributed by atoms with Crippen molar-refractivity contribution in [1.82, 2.24) is 9.61 Å².